The predicted octanol–water partition coefficient (Wildman–Crippen LogP) is 6.20. The van der Waals surface area contributed by atoms with Gasteiger partial charge >= 0.3 is 5.97 Å². The van der Waals surface area contributed by atoms with Gasteiger partial charge in [0.15, 0.2) is 0 Å². The summed E-state index contributed by atoms with van der Waals surface area (Å²) in [5, 5.41) is 12.4. The van der Waals surface area contributed by atoms with Crippen LogP contribution in [0.4, 0.5) is 8.78 Å². The monoisotopic (exact) mass is 589 g/mol. The van der Waals surface area contributed by atoms with Crippen LogP contribution in [0.25, 0.3) is 11.6 Å². The fourth-order valence-electron chi connectivity index (χ4n) is 4.62. The van der Waals surface area contributed by atoms with E-state index in [0.717, 1.165) is 33.5 Å². The Morgan fingerprint density at radius 1 is 1.02 bits per heavy atom. The standard InChI is InChI=1S/C33H33F2N3O3S/c1-38-21-36-20-29(38)19-26(24-9-13-28(35)14-10-24)17-23-4-8-25(7-3-22-5-11-27(34)12-6-22)30(18-23)32(39)37-31(33(40)41)15-16-42-2/h4-6,8-14,17-18,20-21,31H,3,7,15-16,19H2,1-2H3,(H,37,39)(H,40,41)/b26-17+. The Morgan fingerprint density at radius 3 is 2.33 bits per heavy atom. The number of hydrogen-bond donors (Lipinski definition) is 2. The Morgan fingerprint density at radius 2 is 1.71 bits per heavy atom. The number of aliphatic carboxylic acids is 1. The lowest BCUT2D eigenvalue weighted by atomic mass is 9.94. The van der Waals surface area contributed by atoms with E-state index in [-0.39, 0.29) is 11.6 Å². The summed E-state index contributed by atoms with van der Waals surface area (Å²) in [5.41, 5.74) is 5.46. The summed E-state index contributed by atoms with van der Waals surface area (Å²) in [4.78, 5) is 29.6. The van der Waals surface area contributed by atoms with E-state index in [0.29, 0.717) is 37.0 Å². The molecule has 1 unspecified atom stereocenters. The molecule has 4 aromatic rings. The van der Waals surface area contributed by atoms with Gasteiger partial charge in [-0.15, -0.1) is 0 Å². The Hall–Kier alpha value is -4.24. The van der Waals surface area contributed by atoms with Crippen molar-refractivity contribution in [2.75, 3.05) is 12.0 Å². The quantitative estimate of drug-likeness (QED) is 0.181. The molecular formula is C33H33F2N3O3S. The number of nitrogens with zero attached hydrogens (tertiary/aromatic N) is 2. The summed E-state index contributed by atoms with van der Waals surface area (Å²) in [5.74, 6) is -1.62. The average Bonchev–Trinajstić information content (AvgIpc) is 3.39. The lowest BCUT2D eigenvalue weighted by Gasteiger charge is -2.17. The molecule has 1 amide bonds. The van der Waals surface area contributed by atoms with E-state index in [4.69, 9.17) is 0 Å². The van der Waals surface area contributed by atoms with Crippen LogP contribution < -0.4 is 5.32 Å². The zero-order chi connectivity index (χ0) is 30.1. The second kappa shape index (κ2) is 14.6. The van der Waals surface area contributed by atoms with E-state index >= 15 is 0 Å². The van der Waals surface area contributed by atoms with Crippen molar-refractivity contribution in [3.63, 3.8) is 0 Å². The van der Waals surface area contributed by atoms with Crippen molar-refractivity contribution in [3.8, 4) is 0 Å². The van der Waals surface area contributed by atoms with E-state index in [2.05, 4.69) is 10.3 Å². The van der Waals surface area contributed by atoms with Crippen LogP contribution in [-0.4, -0.2) is 44.6 Å². The van der Waals surface area contributed by atoms with Gasteiger partial charge in [-0.05, 0) is 89.4 Å². The fraction of sp³-hybridized carbons (Fsp3) is 0.242. The Kier molecular flexibility index (Phi) is 10.7. The molecule has 42 heavy (non-hydrogen) atoms. The third-order valence-electron chi connectivity index (χ3n) is 7.03. The van der Waals surface area contributed by atoms with Crippen molar-refractivity contribution >= 4 is 35.3 Å². The third-order valence-corrected chi connectivity index (χ3v) is 7.68. The SMILES string of the molecule is CSCCC(NC(=O)c1cc(/C=C(\Cc2cncn2C)c2ccc(F)cc2)ccc1CCc1ccc(F)cc1)C(=O)O. The molecule has 0 aliphatic heterocycles. The van der Waals surface area contributed by atoms with Crippen molar-refractivity contribution in [3.05, 3.63) is 124 Å². The number of aromatic nitrogens is 2. The topological polar surface area (TPSA) is 84.2 Å². The first-order valence-electron chi connectivity index (χ1n) is 13.5. The Balaban J connectivity index is 1.71. The number of aryl methyl sites for hydroxylation is 3. The van der Waals surface area contributed by atoms with Crippen LogP contribution in [0.1, 0.15) is 44.7 Å². The maximum Gasteiger partial charge on any atom is 0.326 e. The maximum absolute atomic E-state index is 13.7. The minimum Gasteiger partial charge on any atom is -0.480 e. The number of imidazole rings is 1. The predicted molar refractivity (Wildman–Crippen MR) is 163 cm³/mol. The fourth-order valence-corrected chi connectivity index (χ4v) is 5.10. The number of nitrogens with one attached hydrogen (secondary N) is 1. The van der Waals surface area contributed by atoms with Crippen molar-refractivity contribution in [1.82, 2.24) is 14.9 Å². The van der Waals surface area contributed by atoms with Crippen LogP contribution in [0.15, 0.2) is 79.3 Å². The average molecular weight is 590 g/mol. The van der Waals surface area contributed by atoms with Gasteiger partial charge in [-0.3, -0.25) is 4.79 Å². The molecule has 1 aromatic heterocycles. The summed E-state index contributed by atoms with van der Waals surface area (Å²) in [6.45, 7) is 0. The lowest BCUT2D eigenvalue weighted by Crippen LogP contribution is -2.41. The van der Waals surface area contributed by atoms with E-state index in [1.807, 2.05) is 36.1 Å². The number of rotatable bonds is 13. The molecule has 0 spiro atoms. The summed E-state index contributed by atoms with van der Waals surface area (Å²) in [6.07, 6.45) is 9.21. The highest BCUT2D eigenvalue weighted by molar-refractivity contribution is 7.98. The Bertz CT molecular complexity index is 1550. The molecule has 1 heterocycles. The Labute approximate surface area is 248 Å². The molecule has 3 aromatic carbocycles. The van der Waals surface area contributed by atoms with Gasteiger partial charge in [0.1, 0.15) is 17.7 Å². The molecule has 0 saturated carbocycles. The summed E-state index contributed by atoms with van der Waals surface area (Å²) < 4.78 is 29.0. The van der Waals surface area contributed by atoms with E-state index in [1.165, 1.54) is 36.0 Å². The third kappa shape index (κ3) is 8.39. The number of amides is 1. The molecule has 0 fully saturated rings. The van der Waals surface area contributed by atoms with Crippen LogP contribution >= 0.6 is 11.8 Å². The summed E-state index contributed by atoms with van der Waals surface area (Å²) >= 11 is 1.51. The zero-order valence-corrected chi connectivity index (χ0v) is 24.3. The second-order valence-electron chi connectivity index (χ2n) is 10.0. The number of thioether (sulfide) groups is 1. The number of carbonyl (C=O) groups excluding carboxylic acids is 1. The molecule has 0 aliphatic carbocycles. The molecule has 9 heteroatoms. The molecule has 4 rings (SSSR count). The molecule has 0 saturated heterocycles. The molecule has 2 N–H and O–H groups in total. The highest BCUT2D eigenvalue weighted by atomic mass is 32.2. The largest absolute Gasteiger partial charge is 0.480 e. The van der Waals surface area contributed by atoms with Gasteiger partial charge in [-0.1, -0.05) is 42.5 Å². The van der Waals surface area contributed by atoms with Crippen molar-refractivity contribution in [2.45, 2.75) is 31.7 Å². The summed E-state index contributed by atoms with van der Waals surface area (Å²) in [7, 11) is 1.90. The van der Waals surface area contributed by atoms with Gasteiger partial charge < -0.3 is 15.0 Å². The normalized spacial score (nSPS) is 12.2. The highest BCUT2D eigenvalue weighted by Gasteiger charge is 2.22. The number of hydrogen-bond acceptors (Lipinski definition) is 4. The van der Waals surface area contributed by atoms with Gasteiger partial charge in [0, 0.05) is 30.9 Å². The number of carboxylic acid groups (broad SMARTS) is 1. The van der Waals surface area contributed by atoms with E-state index in [1.54, 1.807) is 42.9 Å². The first kappa shape index (κ1) is 30.7. The smallest absolute Gasteiger partial charge is 0.326 e. The number of carbonyl (C=O) groups is 2. The van der Waals surface area contributed by atoms with Gasteiger partial charge in [0.2, 0.25) is 0 Å². The zero-order valence-electron chi connectivity index (χ0n) is 23.5. The number of carboxylic acids is 1. The first-order valence-corrected chi connectivity index (χ1v) is 14.9. The van der Waals surface area contributed by atoms with Crippen molar-refractivity contribution < 1.29 is 23.5 Å². The first-order chi connectivity index (χ1) is 20.2. The number of halogens is 2. The van der Waals surface area contributed by atoms with Crippen LogP contribution in [0, 0.1) is 11.6 Å². The molecule has 0 aliphatic rings. The number of allylic oxidation sites excluding steroid dienone is 1. The summed E-state index contributed by atoms with van der Waals surface area (Å²) in [6, 6.07) is 17.0. The molecular weight excluding hydrogens is 556 g/mol. The molecule has 0 bridgehead atoms. The van der Waals surface area contributed by atoms with Crippen molar-refractivity contribution in [1.29, 1.82) is 0 Å². The minimum atomic E-state index is -1.09. The molecule has 218 valence electrons. The van der Waals surface area contributed by atoms with Gasteiger partial charge in [0.25, 0.3) is 5.91 Å². The molecule has 1 atom stereocenters. The van der Waals surface area contributed by atoms with Crippen LogP contribution in [-0.2, 0) is 31.1 Å². The molecule has 0 radical (unpaired) electrons. The van der Waals surface area contributed by atoms with Crippen molar-refractivity contribution in [2.24, 2.45) is 7.05 Å². The minimum absolute atomic E-state index is 0.298. The van der Waals surface area contributed by atoms with E-state index < -0.39 is 17.9 Å². The van der Waals surface area contributed by atoms with Crippen LogP contribution in [0.5, 0.6) is 0 Å². The van der Waals surface area contributed by atoms with Gasteiger partial charge in [-0.25, -0.2) is 18.6 Å². The number of benzene rings is 3. The van der Waals surface area contributed by atoms with Crippen LogP contribution in [0.3, 0.4) is 0 Å². The highest BCUT2D eigenvalue weighted by Crippen LogP contribution is 2.25. The maximum atomic E-state index is 13.7. The van der Waals surface area contributed by atoms with Crippen LogP contribution in [0.2, 0.25) is 0 Å². The lowest BCUT2D eigenvalue weighted by molar-refractivity contribution is -0.139. The second-order valence-corrected chi connectivity index (χ2v) is 11.0. The van der Waals surface area contributed by atoms with Gasteiger partial charge in [0.05, 0.1) is 6.33 Å². The van der Waals surface area contributed by atoms with Gasteiger partial charge in [-0.2, -0.15) is 11.8 Å². The molecule has 6 nitrogen and oxygen atoms in total. The van der Waals surface area contributed by atoms with E-state index in [9.17, 15) is 23.5 Å².